The second-order valence-corrected chi connectivity index (χ2v) is 5.77. The predicted octanol–water partition coefficient (Wildman–Crippen LogP) is 3.27. The highest BCUT2D eigenvalue weighted by molar-refractivity contribution is 7.11. The highest BCUT2D eigenvalue weighted by Gasteiger charge is 2.13. The first-order valence-electron chi connectivity index (χ1n) is 6.75. The van der Waals surface area contributed by atoms with Crippen LogP contribution in [0.1, 0.15) is 28.1 Å². The van der Waals surface area contributed by atoms with Crippen molar-refractivity contribution in [2.75, 3.05) is 13.7 Å². The van der Waals surface area contributed by atoms with Crippen LogP contribution in [0.15, 0.2) is 18.2 Å². The molecular formula is C15H18F2N2OS. The molecule has 0 radical (unpaired) electrons. The van der Waals surface area contributed by atoms with Gasteiger partial charge in [0.25, 0.3) is 0 Å². The number of thiazole rings is 1. The van der Waals surface area contributed by atoms with Crippen molar-refractivity contribution >= 4 is 11.3 Å². The van der Waals surface area contributed by atoms with Crippen molar-refractivity contribution in [2.45, 2.75) is 26.5 Å². The van der Waals surface area contributed by atoms with Crippen molar-refractivity contribution in [1.82, 2.24) is 10.3 Å². The summed E-state index contributed by atoms with van der Waals surface area (Å²) in [5.74, 6) is -1.10. The van der Waals surface area contributed by atoms with Gasteiger partial charge in [0.2, 0.25) is 0 Å². The van der Waals surface area contributed by atoms with Crippen LogP contribution in [0, 0.1) is 11.6 Å². The fraction of sp³-hybridized carbons (Fsp3) is 0.400. The number of hydrogen-bond donors (Lipinski definition) is 1. The van der Waals surface area contributed by atoms with Gasteiger partial charge in [-0.1, -0.05) is 13.0 Å². The number of benzene rings is 1. The van der Waals surface area contributed by atoms with E-state index in [9.17, 15) is 8.78 Å². The molecule has 114 valence electrons. The second kappa shape index (κ2) is 7.59. The van der Waals surface area contributed by atoms with E-state index >= 15 is 0 Å². The fourth-order valence-electron chi connectivity index (χ4n) is 1.97. The maximum atomic E-state index is 13.7. The lowest BCUT2D eigenvalue weighted by molar-refractivity contribution is 0.181. The summed E-state index contributed by atoms with van der Waals surface area (Å²) in [5.41, 5.74) is 1.32. The topological polar surface area (TPSA) is 34.2 Å². The van der Waals surface area contributed by atoms with E-state index in [1.807, 2.05) is 6.92 Å². The Morgan fingerprint density at radius 3 is 2.81 bits per heavy atom. The average Bonchev–Trinajstić information content (AvgIpc) is 2.82. The first-order valence-corrected chi connectivity index (χ1v) is 7.56. The first kappa shape index (κ1) is 16.0. The van der Waals surface area contributed by atoms with E-state index < -0.39 is 11.6 Å². The maximum Gasteiger partial charge on any atom is 0.129 e. The van der Waals surface area contributed by atoms with Crippen LogP contribution in [0.3, 0.4) is 0 Å². The third-order valence-electron chi connectivity index (χ3n) is 3.00. The molecule has 1 N–H and O–H groups in total. The van der Waals surface area contributed by atoms with E-state index in [1.165, 1.54) is 23.5 Å². The van der Waals surface area contributed by atoms with E-state index in [-0.39, 0.29) is 0 Å². The van der Waals surface area contributed by atoms with Crippen LogP contribution in [0.25, 0.3) is 0 Å². The molecular weight excluding hydrogens is 294 g/mol. The molecule has 2 rings (SSSR count). The highest BCUT2D eigenvalue weighted by atomic mass is 32.1. The van der Waals surface area contributed by atoms with Gasteiger partial charge in [-0.25, -0.2) is 13.8 Å². The quantitative estimate of drug-likeness (QED) is 0.852. The van der Waals surface area contributed by atoms with Crippen LogP contribution in [0.4, 0.5) is 8.78 Å². The van der Waals surface area contributed by atoms with Gasteiger partial charge in [-0.05, 0) is 18.2 Å². The molecule has 1 aromatic heterocycles. The molecule has 21 heavy (non-hydrogen) atoms. The van der Waals surface area contributed by atoms with Gasteiger partial charge < -0.3 is 10.1 Å². The van der Waals surface area contributed by atoms with Crippen LogP contribution in [-0.2, 0) is 24.3 Å². The zero-order valence-electron chi connectivity index (χ0n) is 12.1. The normalized spacial score (nSPS) is 11.0. The molecule has 0 saturated heterocycles. The predicted molar refractivity (Wildman–Crippen MR) is 79.4 cm³/mol. The van der Waals surface area contributed by atoms with Gasteiger partial charge in [0, 0.05) is 31.0 Å². The summed E-state index contributed by atoms with van der Waals surface area (Å²) in [7, 11) is 1.62. The Morgan fingerprint density at radius 1 is 1.33 bits per heavy atom. The Labute approximate surface area is 127 Å². The molecule has 6 heteroatoms. The van der Waals surface area contributed by atoms with Crippen LogP contribution >= 0.6 is 11.3 Å². The maximum absolute atomic E-state index is 13.7. The van der Waals surface area contributed by atoms with Crippen molar-refractivity contribution in [1.29, 1.82) is 0 Å². The number of nitrogens with one attached hydrogen (secondary N) is 1. The van der Waals surface area contributed by atoms with Gasteiger partial charge in [-0.2, -0.15) is 0 Å². The summed E-state index contributed by atoms with van der Waals surface area (Å²) in [6, 6.07) is 3.63. The Bertz CT molecular complexity index is 601. The summed E-state index contributed by atoms with van der Waals surface area (Å²) >= 11 is 1.53. The number of aromatic nitrogens is 1. The van der Waals surface area contributed by atoms with Gasteiger partial charge in [0.05, 0.1) is 17.3 Å². The minimum Gasteiger partial charge on any atom is -0.378 e. The minimum atomic E-state index is -0.566. The molecule has 0 spiro atoms. The molecule has 0 aliphatic carbocycles. The lowest BCUT2D eigenvalue weighted by atomic mass is 10.1. The molecule has 0 unspecified atom stereocenters. The Hall–Kier alpha value is -1.37. The van der Waals surface area contributed by atoms with E-state index in [2.05, 4.69) is 10.3 Å². The van der Waals surface area contributed by atoms with Crippen LogP contribution < -0.4 is 5.32 Å². The summed E-state index contributed by atoms with van der Waals surface area (Å²) in [6.45, 7) is 4.06. The molecule has 1 aromatic carbocycles. The van der Waals surface area contributed by atoms with E-state index in [0.29, 0.717) is 18.6 Å². The van der Waals surface area contributed by atoms with Gasteiger partial charge in [-0.3, -0.25) is 0 Å². The minimum absolute atomic E-state index is 0.361. The number of halogens is 2. The van der Waals surface area contributed by atoms with Crippen molar-refractivity contribution < 1.29 is 13.5 Å². The molecule has 0 fully saturated rings. The number of methoxy groups -OCH3 is 1. The molecule has 0 amide bonds. The monoisotopic (exact) mass is 312 g/mol. The molecule has 2 aromatic rings. The molecule has 0 aliphatic heterocycles. The van der Waals surface area contributed by atoms with Gasteiger partial charge in [-0.15, -0.1) is 11.3 Å². The van der Waals surface area contributed by atoms with Crippen LogP contribution in [0.2, 0.25) is 0 Å². The van der Waals surface area contributed by atoms with Crippen molar-refractivity contribution in [3.8, 4) is 0 Å². The van der Waals surface area contributed by atoms with Crippen molar-refractivity contribution in [3.05, 3.63) is 51.0 Å². The standard InChI is InChI=1S/C15H18F2N2OS/c1-3-18-8-14-13(9-20-2)19-15(21-14)6-10-4-5-11(16)7-12(10)17/h4-5,7,18H,3,6,8-9H2,1-2H3. The zero-order valence-corrected chi connectivity index (χ0v) is 12.9. The molecule has 1 heterocycles. The first-order chi connectivity index (χ1) is 10.1. The van der Waals surface area contributed by atoms with Crippen molar-refractivity contribution in [2.24, 2.45) is 0 Å². The lowest BCUT2D eigenvalue weighted by Gasteiger charge is -2.00. The number of nitrogens with zero attached hydrogens (tertiary/aromatic N) is 1. The Kier molecular flexibility index (Phi) is 5.78. The van der Waals surface area contributed by atoms with E-state index in [1.54, 1.807) is 7.11 Å². The van der Waals surface area contributed by atoms with E-state index in [4.69, 9.17) is 4.74 Å². The van der Waals surface area contributed by atoms with Gasteiger partial charge in [0.1, 0.15) is 11.6 Å². The highest BCUT2D eigenvalue weighted by Crippen LogP contribution is 2.23. The van der Waals surface area contributed by atoms with Gasteiger partial charge in [0.15, 0.2) is 0 Å². The SMILES string of the molecule is CCNCc1sc(Cc2ccc(F)cc2F)nc1COC. The summed E-state index contributed by atoms with van der Waals surface area (Å²) < 4.78 is 31.8. The third-order valence-corrected chi connectivity index (χ3v) is 4.09. The molecule has 0 bridgehead atoms. The summed E-state index contributed by atoms with van der Waals surface area (Å²) in [5, 5.41) is 4.06. The Balaban J connectivity index is 2.19. The third kappa shape index (κ3) is 4.30. The summed E-state index contributed by atoms with van der Waals surface area (Å²) in [6.07, 6.45) is 0.361. The zero-order chi connectivity index (χ0) is 15.2. The van der Waals surface area contributed by atoms with Crippen molar-refractivity contribution in [3.63, 3.8) is 0 Å². The largest absolute Gasteiger partial charge is 0.378 e. The van der Waals surface area contributed by atoms with Crippen LogP contribution in [-0.4, -0.2) is 18.6 Å². The smallest absolute Gasteiger partial charge is 0.129 e. The van der Waals surface area contributed by atoms with Crippen LogP contribution in [0.5, 0.6) is 0 Å². The average molecular weight is 312 g/mol. The number of rotatable bonds is 7. The van der Waals surface area contributed by atoms with E-state index in [0.717, 1.165) is 34.7 Å². The summed E-state index contributed by atoms with van der Waals surface area (Å²) in [4.78, 5) is 5.60. The molecule has 0 atom stereocenters. The second-order valence-electron chi connectivity index (χ2n) is 4.60. The molecule has 0 aliphatic rings. The van der Waals surface area contributed by atoms with Gasteiger partial charge >= 0.3 is 0 Å². The number of hydrogen-bond acceptors (Lipinski definition) is 4. The molecule has 3 nitrogen and oxygen atoms in total. The number of ether oxygens (including phenoxy) is 1. The fourth-order valence-corrected chi connectivity index (χ4v) is 3.03. The molecule has 0 saturated carbocycles. The lowest BCUT2D eigenvalue weighted by Crippen LogP contribution is -2.12. The Morgan fingerprint density at radius 2 is 2.14 bits per heavy atom.